The van der Waals surface area contributed by atoms with Crippen LogP contribution in [0.15, 0.2) is 0 Å². The molecule has 1 unspecified atom stereocenters. The third kappa shape index (κ3) is 3.19. The number of amides is 1. The summed E-state index contributed by atoms with van der Waals surface area (Å²) in [5, 5.41) is 11.9. The van der Waals surface area contributed by atoms with Crippen LogP contribution in [0.25, 0.3) is 0 Å². The first-order chi connectivity index (χ1) is 7.38. The second-order valence-corrected chi connectivity index (χ2v) is 5.78. The molecule has 0 aliphatic rings. The molecule has 0 aromatic rings. The van der Waals surface area contributed by atoms with Crippen LogP contribution in [-0.2, 0) is 9.59 Å². The van der Waals surface area contributed by atoms with Crippen LogP contribution < -0.4 is 11.1 Å². The van der Waals surface area contributed by atoms with E-state index in [2.05, 4.69) is 5.32 Å². The molecule has 100 valence electrons. The number of nitrogens with two attached hydrogens (primary N) is 1. The normalized spacial score (nSPS) is 16.2. The number of nitrogens with one attached hydrogen (secondary N) is 1. The largest absolute Gasteiger partial charge is 0.481 e. The van der Waals surface area contributed by atoms with Crippen molar-refractivity contribution in [2.45, 2.75) is 59.0 Å². The minimum atomic E-state index is -1.08. The first-order valence-electron chi connectivity index (χ1n) is 5.73. The lowest BCUT2D eigenvalue weighted by Crippen LogP contribution is -2.62. The molecule has 0 heterocycles. The molecular formula is C12H24N2O3. The molecule has 0 saturated carbocycles. The maximum Gasteiger partial charge on any atom is 0.311 e. The lowest BCUT2D eigenvalue weighted by atomic mass is 9.74. The smallest absolute Gasteiger partial charge is 0.311 e. The standard InChI is InChI=1S/C12H24N2O3/c1-7-12(6,13)8(15)14-11(4,5)10(2,3)9(16)17/h7,13H2,1-6H3,(H,14,15)(H,16,17). The Morgan fingerprint density at radius 1 is 1.18 bits per heavy atom. The van der Waals surface area contributed by atoms with Crippen molar-refractivity contribution in [3.63, 3.8) is 0 Å². The summed E-state index contributed by atoms with van der Waals surface area (Å²) >= 11 is 0. The van der Waals surface area contributed by atoms with Crippen LogP contribution in [0.1, 0.15) is 48.0 Å². The fraction of sp³-hybridized carbons (Fsp3) is 0.833. The van der Waals surface area contributed by atoms with Gasteiger partial charge in [-0.25, -0.2) is 0 Å². The van der Waals surface area contributed by atoms with Gasteiger partial charge in [0.05, 0.1) is 16.5 Å². The third-order valence-electron chi connectivity index (χ3n) is 3.78. The predicted molar refractivity (Wildman–Crippen MR) is 66.5 cm³/mol. The highest BCUT2D eigenvalue weighted by Gasteiger charge is 2.45. The number of hydrogen-bond donors (Lipinski definition) is 3. The molecule has 0 radical (unpaired) electrons. The van der Waals surface area contributed by atoms with Crippen molar-refractivity contribution in [3.05, 3.63) is 0 Å². The number of carbonyl (C=O) groups excluding carboxylic acids is 1. The Hall–Kier alpha value is -1.10. The summed E-state index contributed by atoms with van der Waals surface area (Å²) in [7, 11) is 0. The van der Waals surface area contributed by atoms with E-state index in [1.54, 1.807) is 34.6 Å². The molecule has 1 amide bonds. The molecule has 17 heavy (non-hydrogen) atoms. The molecule has 0 fully saturated rings. The third-order valence-corrected chi connectivity index (χ3v) is 3.78. The minimum absolute atomic E-state index is 0.334. The molecule has 0 aromatic carbocycles. The topological polar surface area (TPSA) is 92.4 Å². The molecule has 0 spiro atoms. The highest BCUT2D eigenvalue weighted by Crippen LogP contribution is 2.31. The fourth-order valence-electron chi connectivity index (χ4n) is 1.01. The zero-order chi connectivity index (χ0) is 14.1. The number of aliphatic carboxylic acids is 1. The summed E-state index contributed by atoms with van der Waals surface area (Å²) < 4.78 is 0. The maximum atomic E-state index is 12.0. The lowest BCUT2D eigenvalue weighted by Gasteiger charge is -2.40. The van der Waals surface area contributed by atoms with Gasteiger partial charge in [-0.1, -0.05) is 6.92 Å². The van der Waals surface area contributed by atoms with E-state index in [4.69, 9.17) is 10.8 Å². The highest BCUT2D eigenvalue weighted by molar-refractivity contribution is 5.87. The number of carbonyl (C=O) groups is 2. The Morgan fingerprint density at radius 2 is 1.59 bits per heavy atom. The summed E-state index contributed by atoms with van der Waals surface area (Å²) in [6, 6.07) is 0. The van der Waals surface area contributed by atoms with Crippen LogP contribution >= 0.6 is 0 Å². The molecule has 1 atom stereocenters. The zero-order valence-electron chi connectivity index (χ0n) is 11.5. The summed E-state index contributed by atoms with van der Waals surface area (Å²) in [6.45, 7) is 9.97. The van der Waals surface area contributed by atoms with Crippen molar-refractivity contribution in [1.29, 1.82) is 0 Å². The van der Waals surface area contributed by atoms with Gasteiger partial charge in [-0.3, -0.25) is 9.59 Å². The Balaban J connectivity index is 5.02. The van der Waals surface area contributed by atoms with Gasteiger partial charge in [0.2, 0.25) is 5.91 Å². The average molecular weight is 244 g/mol. The van der Waals surface area contributed by atoms with Crippen LogP contribution in [0, 0.1) is 5.41 Å². The molecule has 4 N–H and O–H groups in total. The Labute approximate surface area is 103 Å². The van der Waals surface area contributed by atoms with Gasteiger partial charge in [-0.2, -0.15) is 0 Å². The molecule has 0 aromatic heterocycles. The first kappa shape index (κ1) is 15.9. The predicted octanol–water partition coefficient (Wildman–Crippen LogP) is 1.12. The average Bonchev–Trinajstić information content (AvgIpc) is 2.16. The van der Waals surface area contributed by atoms with Gasteiger partial charge in [0.25, 0.3) is 0 Å². The number of carboxylic acid groups (broad SMARTS) is 1. The van der Waals surface area contributed by atoms with Gasteiger partial charge in [-0.15, -0.1) is 0 Å². The molecule has 0 rings (SSSR count). The van der Waals surface area contributed by atoms with E-state index in [9.17, 15) is 9.59 Å². The van der Waals surface area contributed by atoms with Crippen LogP contribution in [0.2, 0.25) is 0 Å². The van der Waals surface area contributed by atoms with E-state index >= 15 is 0 Å². The molecule has 5 nitrogen and oxygen atoms in total. The number of carboxylic acids is 1. The van der Waals surface area contributed by atoms with Gasteiger partial charge < -0.3 is 16.2 Å². The zero-order valence-corrected chi connectivity index (χ0v) is 11.5. The van der Waals surface area contributed by atoms with Crippen LogP contribution in [0.5, 0.6) is 0 Å². The second-order valence-electron chi connectivity index (χ2n) is 5.78. The molecule has 0 saturated heterocycles. The number of rotatable bonds is 5. The van der Waals surface area contributed by atoms with Crippen molar-refractivity contribution < 1.29 is 14.7 Å². The quantitative estimate of drug-likeness (QED) is 0.675. The maximum absolute atomic E-state index is 12.0. The first-order valence-corrected chi connectivity index (χ1v) is 5.73. The van der Waals surface area contributed by atoms with Crippen molar-refractivity contribution in [2.24, 2.45) is 11.1 Å². The van der Waals surface area contributed by atoms with E-state index in [0.717, 1.165) is 0 Å². The monoisotopic (exact) mass is 244 g/mol. The van der Waals surface area contributed by atoms with Crippen molar-refractivity contribution in [1.82, 2.24) is 5.32 Å². The highest BCUT2D eigenvalue weighted by atomic mass is 16.4. The van der Waals surface area contributed by atoms with Crippen molar-refractivity contribution in [3.8, 4) is 0 Å². The Kier molecular flexibility index (Phi) is 4.34. The summed E-state index contributed by atoms with van der Waals surface area (Å²) in [5.41, 5.74) is 2.89. The van der Waals surface area contributed by atoms with Gasteiger partial charge >= 0.3 is 5.97 Å². The van der Waals surface area contributed by atoms with E-state index in [1.165, 1.54) is 0 Å². The molecule has 0 aliphatic heterocycles. The lowest BCUT2D eigenvalue weighted by molar-refractivity contribution is -0.152. The van der Waals surface area contributed by atoms with Gasteiger partial charge in [0, 0.05) is 0 Å². The molecule has 0 aliphatic carbocycles. The molecule has 5 heteroatoms. The van der Waals surface area contributed by atoms with Crippen LogP contribution in [-0.4, -0.2) is 28.1 Å². The van der Waals surface area contributed by atoms with Gasteiger partial charge in [0.1, 0.15) is 0 Å². The minimum Gasteiger partial charge on any atom is -0.481 e. The van der Waals surface area contributed by atoms with Gasteiger partial charge in [-0.05, 0) is 41.0 Å². The summed E-state index contributed by atoms with van der Waals surface area (Å²) in [6.07, 6.45) is 0.489. The van der Waals surface area contributed by atoms with Crippen molar-refractivity contribution >= 4 is 11.9 Å². The van der Waals surface area contributed by atoms with E-state index < -0.39 is 22.5 Å². The fourth-order valence-corrected chi connectivity index (χ4v) is 1.01. The van der Waals surface area contributed by atoms with Crippen LogP contribution in [0.3, 0.4) is 0 Å². The van der Waals surface area contributed by atoms with Crippen molar-refractivity contribution in [2.75, 3.05) is 0 Å². The molecule has 0 bridgehead atoms. The van der Waals surface area contributed by atoms with E-state index in [0.29, 0.717) is 6.42 Å². The van der Waals surface area contributed by atoms with E-state index in [-0.39, 0.29) is 5.91 Å². The summed E-state index contributed by atoms with van der Waals surface area (Å²) in [5.74, 6) is -1.29. The SMILES string of the molecule is CCC(C)(N)C(=O)NC(C)(C)C(C)(C)C(=O)O. The Morgan fingerprint density at radius 3 is 1.88 bits per heavy atom. The van der Waals surface area contributed by atoms with E-state index in [1.807, 2.05) is 6.92 Å². The van der Waals surface area contributed by atoms with Crippen LogP contribution in [0.4, 0.5) is 0 Å². The molecular weight excluding hydrogens is 220 g/mol. The number of hydrogen-bond acceptors (Lipinski definition) is 3. The second kappa shape index (κ2) is 4.64. The summed E-state index contributed by atoms with van der Waals surface area (Å²) in [4.78, 5) is 23.1. The Bertz CT molecular complexity index is 320. The van der Waals surface area contributed by atoms with Gasteiger partial charge in [0.15, 0.2) is 0 Å².